The van der Waals surface area contributed by atoms with Crippen molar-refractivity contribution in [3.05, 3.63) is 24.3 Å². The van der Waals surface area contributed by atoms with Crippen LogP contribution < -0.4 is 9.47 Å². The van der Waals surface area contributed by atoms with Crippen LogP contribution in [0.2, 0.25) is 0 Å². The van der Waals surface area contributed by atoms with Gasteiger partial charge in [0.15, 0.2) is 0 Å². The van der Waals surface area contributed by atoms with E-state index in [1.54, 1.807) is 0 Å². The summed E-state index contributed by atoms with van der Waals surface area (Å²) in [6.45, 7) is -0.708. The van der Waals surface area contributed by atoms with E-state index in [-0.39, 0.29) is 24.7 Å². The minimum Gasteiger partial charge on any atom is -0.491 e. The summed E-state index contributed by atoms with van der Waals surface area (Å²) in [5.41, 5.74) is 0. The van der Waals surface area contributed by atoms with E-state index in [4.69, 9.17) is 18.6 Å². The maximum absolute atomic E-state index is 10.6. The minimum absolute atomic E-state index is 0.287. The van der Waals surface area contributed by atoms with Crippen molar-refractivity contribution in [3.63, 3.8) is 0 Å². The summed E-state index contributed by atoms with van der Waals surface area (Å²) in [7, 11) is -8.59. The number of rotatable bonds is 10. The first-order valence-electron chi connectivity index (χ1n) is 6.57. The SMILES string of the molecule is O=S(=O)(O)CC(O)COc1ccc(OCC(O)CS(=O)(=O)O)cc1. The van der Waals surface area contributed by atoms with Gasteiger partial charge in [-0.2, -0.15) is 16.8 Å². The summed E-state index contributed by atoms with van der Waals surface area (Å²) < 4.78 is 69.6. The largest absolute Gasteiger partial charge is 0.491 e. The number of ether oxygens (including phenoxy) is 2. The lowest BCUT2D eigenvalue weighted by Gasteiger charge is -2.13. The second kappa shape index (κ2) is 8.60. The Hall–Kier alpha value is -1.44. The molecule has 1 aromatic rings. The van der Waals surface area contributed by atoms with Crippen molar-refractivity contribution in [1.82, 2.24) is 0 Å². The quantitative estimate of drug-likeness (QED) is 0.364. The second-order valence-electron chi connectivity index (χ2n) is 4.90. The van der Waals surface area contributed by atoms with E-state index in [0.717, 1.165) is 0 Å². The zero-order chi connectivity index (χ0) is 18.4. The fourth-order valence-electron chi connectivity index (χ4n) is 1.60. The third-order valence-electron chi connectivity index (χ3n) is 2.51. The van der Waals surface area contributed by atoms with Crippen LogP contribution in [0, 0.1) is 0 Å². The summed E-state index contributed by atoms with van der Waals surface area (Å²) in [5, 5.41) is 18.7. The topological polar surface area (TPSA) is 168 Å². The Kier molecular flexibility index (Phi) is 7.38. The molecule has 138 valence electrons. The lowest BCUT2D eigenvalue weighted by molar-refractivity contribution is 0.121. The molecule has 0 aliphatic carbocycles. The van der Waals surface area contributed by atoms with Gasteiger partial charge in [0.2, 0.25) is 0 Å². The molecule has 0 aliphatic rings. The molecule has 0 fully saturated rings. The van der Waals surface area contributed by atoms with Crippen LogP contribution in [0.15, 0.2) is 24.3 Å². The lowest BCUT2D eigenvalue weighted by atomic mass is 10.3. The predicted molar refractivity (Wildman–Crippen MR) is 82.3 cm³/mol. The fourth-order valence-corrected chi connectivity index (χ4v) is 2.76. The number of aliphatic hydroxyl groups is 2. The minimum atomic E-state index is -4.30. The smallest absolute Gasteiger partial charge is 0.267 e. The molecule has 2 unspecified atom stereocenters. The van der Waals surface area contributed by atoms with Crippen LogP contribution in [-0.2, 0) is 20.2 Å². The van der Waals surface area contributed by atoms with Gasteiger partial charge in [-0.05, 0) is 24.3 Å². The maximum atomic E-state index is 10.6. The molecule has 0 saturated carbocycles. The Morgan fingerprint density at radius 3 is 1.29 bits per heavy atom. The van der Waals surface area contributed by atoms with Crippen LogP contribution in [0.25, 0.3) is 0 Å². The summed E-state index contributed by atoms with van der Waals surface area (Å²) in [5.74, 6) is -1.12. The Balaban J connectivity index is 2.43. The molecule has 1 aromatic carbocycles. The van der Waals surface area contributed by atoms with E-state index < -0.39 is 43.9 Å². The predicted octanol–water partition coefficient (Wildman–Crippen LogP) is -1.06. The van der Waals surface area contributed by atoms with Gasteiger partial charge >= 0.3 is 0 Å². The van der Waals surface area contributed by atoms with E-state index in [1.807, 2.05) is 0 Å². The van der Waals surface area contributed by atoms with Crippen LogP contribution in [-0.4, -0.2) is 73.1 Å². The highest BCUT2D eigenvalue weighted by atomic mass is 32.2. The van der Waals surface area contributed by atoms with Crippen LogP contribution in [0.5, 0.6) is 11.5 Å². The first kappa shape index (κ1) is 20.6. The van der Waals surface area contributed by atoms with E-state index in [0.29, 0.717) is 0 Å². The number of hydrogen-bond donors (Lipinski definition) is 4. The highest BCUT2D eigenvalue weighted by Crippen LogP contribution is 2.18. The van der Waals surface area contributed by atoms with Gasteiger partial charge in [0.1, 0.15) is 48.4 Å². The third-order valence-corrected chi connectivity index (χ3v) is 4.13. The Labute approximate surface area is 139 Å². The summed E-state index contributed by atoms with van der Waals surface area (Å²) in [4.78, 5) is 0. The molecule has 0 radical (unpaired) electrons. The molecule has 0 heterocycles. The first-order valence-corrected chi connectivity index (χ1v) is 9.78. The van der Waals surface area contributed by atoms with E-state index in [2.05, 4.69) is 0 Å². The van der Waals surface area contributed by atoms with Gasteiger partial charge in [0.25, 0.3) is 20.2 Å². The van der Waals surface area contributed by atoms with E-state index in [1.165, 1.54) is 24.3 Å². The van der Waals surface area contributed by atoms with Crippen molar-refractivity contribution in [1.29, 1.82) is 0 Å². The molecule has 4 N–H and O–H groups in total. The first-order chi connectivity index (χ1) is 10.9. The standard InChI is InChI=1S/C12H18O10S2/c13-9(7-23(15,16)17)5-21-11-1-2-12(4-3-11)22-6-10(14)8-24(18,19)20/h1-4,9-10,13-14H,5-8H2,(H,15,16,17)(H,18,19,20). The number of benzene rings is 1. The molecule has 12 heteroatoms. The van der Waals surface area contributed by atoms with Crippen molar-refractivity contribution in [3.8, 4) is 11.5 Å². The number of aliphatic hydroxyl groups excluding tert-OH is 2. The van der Waals surface area contributed by atoms with Crippen LogP contribution in [0.1, 0.15) is 0 Å². The van der Waals surface area contributed by atoms with Crippen molar-refractivity contribution >= 4 is 20.2 Å². The monoisotopic (exact) mass is 386 g/mol. The van der Waals surface area contributed by atoms with Crippen LogP contribution in [0.3, 0.4) is 0 Å². The normalized spacial score (nSPS) is 14.8. The van der Waals surface area contributed by atoms with E-state index >= 15 is 0 Å². The van der Waals surface area contributed by atoms with Gasteiger partial charge in [-0.3, -0.25) is 9.11 Å². The molecule has 0 aromatic heterocycles. The molecule has 2 atom stereocenters. The zero-order valence-electron chi connectivity index (χ0n) is 12.3. The molecule has 24 heavy (non-hydrogen) atoms. The third kappa shape index (κ3) is 9.64. The van der Waals surface area contributed by atoms with Gasteiger partial charge in [0, 0.05) is 0 Å². The molecular weight excluding hydrogens is 368 g/mol. The van der Waals surface area contributed by atoms with Crippen LogP contribution >= 0.6 is 0 Å². The summed E-state index contributed by atoms with van der Waals surface area (Å²) >= 11 is 0. The second-order valence-corrected chi connectivity index (χ2v) is 7.89. The average Bonchev–Trinajstić information content (AvgIpc) is 2.40. The summed E-state index contributed by atoms with van der Waals surface area (Å²) in [6, 6.07) is 5.74. The fraction of sp³-hybridized carbons (Fsp3) is 0.500. The Bertz CT molecular complexity index is 648. The molecule has 0 amide bonds. The molecule has 0 bridgehead atoms. The van der Waals surface area contributed by atoms with Crippen molar-refractivity contribution in [2.24, 2.45) is 0 Å². The van der Waals surface area contributed by atoms with Crippen LogP contribution in [0.4, 0.5) is 0 Å². The van der Waals surface area contributed by atoms with Gasteiger partial charge in [-0.25, -0.2) is 0 Å². The van der Waals surface area contributed by atoms with Gasteiger partial charge in [0.05, 0.1) is 0 Å². The molecule has 1 rings (SSSR count). The van der Waals surface area contributed by atoms with E-state index in [9.17, 15) is 27.0 Å². The summed E-state index contributed by atoms with van der Waals surface area (Å²) in [6.07, 6.45) is -2.79. The Morgan fingerprint density at radius 1 is 0.750 bits per heavy atom. The average molecular weight is 386 g/mol. The molecule has 0 saturated heterocycles. The molecule has 10 nitrogen and oxygen atoms in total. The maximum Gasteiger partial charge on any atom is 0.267 e. The van der Waals surface area contributed by atoms with Gasteiger partial charge in [-0.1, -0.05) is 0 Å². The number of hydrogen-bond acceptors (Lipinski definition) is 8. The van der Waals surface area contributed by atoms with Crippen molar-refractivity contribution < 1.29 is 45.6 Å². The van der Waals surface area contributed by atoms with Crippen molar-refractivity contribution in [2.75, 3.05) is 24.7 Å². The highest BCUT2D eigenvalue weighted by molar-refractivity contribution is 7.86. The van der Waals surface area contributed by atoms with Gasteiger partial charge < -0.3 is 19.7 Å². The Morgan fingerprint density at radius 2 is 1.04 bits per heavy atom. The van der Waals surface area contributed by atoms with Gasteiger partial charge in [-0.15, -0.1) is 0 Å². The zero-order valence-corrected chi connectivity index (χ0v) is 14.0. The molecule has 0 aliphatic heterocycles. The molecule has 0 spiro atoms. The van der Waals surface area contributed by atoms with Crippen molar-refractivity contribution in [2.45, 2.75) is 12.2 Å². The highest BCUT2D eigenvalue weighted by Gasteiger charge is 2.16. The molecular formula is C12H18O10S2. The lowest BCUT2D eigenvalue weighted by Crippen LogP contribution is -2.26.